The summed E-state index contributed by atoms with van der Waals surface area (Å²) in [7, 11) is 0. The van der Waals surface area contributed by atoms with Crippen molar-refractivity contribution in [2.45, 2.75) is 36.9 Å². The van der Waals surface area contributed by atoms with Crippen LogP contribution in [0.4, 0.5) is 4.39 Å². The third-order valence-electron chi connectivity index (χ3n) is 3.04. The number of rotatable bonds is 1. The highest BCUT2D eigenvalue weighted by atomic mass is 79.9. The number of aryl methyl sites for hydroxylation is 1. The van der Waals surface area contributed by atoms with Crippen LogP contribution in [0.2, 0.25) is 0 Å². The Labute approximate surface area is 92.6 Å². The molecule has 1 saturated carbocycles. The van der Waals surface area contributed by atoms with Gasteiger partial charge in [-0.3, -0.25) is 0 Å². The average molecular weight is 257 g/mol. The molecule has 0 N–H and O–H groups in total. The molecule has 0 nitrogen and oxygen atoms in total. The summed E-state index contributed by atoms with van der Waals surface area (Å²) in [4.78, 5) is 0.622. The number of alkyl halides is 1. The molecule has 1 fully saturated rings. The lowest BCUT2D eigenvalue weighted by molar-refractivity contribution is 0.610. The normalized spacial score (nSPS) is 26.8. The standard InChI is InChI=1S/C12H14BrF/c1-8-2-3-10(7-12(8)14)9-4-5-11(13)6-9/h2-3,7,9,11H,4-6H2,1H3. The lowest BCUT2D eigenvalue weighted by Gasteiger charge is -2.10. The van der Waals surface area contributed by atoms with Gasteiger partial charge in [0.1, 0.15) is 5.82 Å². The minimum Gasteiger partial charge on any atom is -0.207 e. The van der Waals surface area contributed by atoms with Crippen LogP contribution in [0.3, 0.4) is 0 Å². The van der Waals surface area contributed by atoms with Crippen LogP contribution in [0.5, 0.6) is 0 Å². The molecular weight excluding hydrogens is 243 g/mol. The second kappa shape index (κ2) is 4.01. The Bertz CT molecular complexity index is 335. The van der Waals surface area contributed by atoms with E-state index in [0.29, 0.717) is 10.7 Å². The maximum atomic E-state index is 13.3. The van der Waals surface area contributed by atoms with Crippen LogP contribution in [0.15, 0.2) is 18.2 Å². The molecule has 1 aliphatic rings. The molecule has 0 heterocycles. The van der Waals surface area contributed by atoms with E-state index in [1.54, 1.807) is 13.0 Å². The molecule has 2 unspecified atom stereocenters. The average Bonchev–Trinajstić information content (AvgIpc) is 2.57. The predicted octanol–water partition coefficient (Wildman–Crippen LogP) is 4.17. The number of halogens is 2. The van der Waals surface area contributed by atoms with Crippen molar-refractivity contribution in [3.63, 3.8) is 0 Å². The molecule has 0 aliphatic heterocycles. The molecule has 2 heteroatoms. The molecule has 0 spiro atoms. The van der Waals surface area contributed by atoms with Crippen molar-refractivity contribution in [2.24, 2.45) is 0 Å². The molecule has 0 radical (unpaired) electrons. The topological polar surface area (TPSA) is 0 Å². The largest absolute Gasteiger partial charge is 0.207 e. The smallest absolute Gasteiger partial charge is 0.126 e. The Morgan fingerprint density at radius 3 is 2.71 bits per heavy atom. The van der Waals surface area contributed by atoms with E-state index in [1.165, 1.54) is 12.8 Å². The molecule has 1 aromatic rings. The predicted molar refractivity (Wildman–Crippen MR) is 60.4 cm³/mol. The number of hydrogen-bond donors (Lipinski definition) is 0. The highest BCUT2D eigenvalue weighted by Gasteiger charge is 2.24. The van der Waals surface area contributed by atoms with E-state index in [9.17, 15) is 4.39 Å². The van der Waals surface area contributed by atoms with E-state index in [0.717, 1.165) is 17.5 Å². The fraction of sp³-hybridized carbons (Fsp3) is 0.500. The molecule has 1 aliphatic carbocycles. The summed E-state index contributed by atoms with van der Waals surface area (Å²) in [6, 6.07) is 5.64. The quantitative estimate of drug-likeness (QED) is 0.662. The number of benzene rings is 1. The molecule has 2 atom stereocenters. The van der Waals surface area contributed by atoms with Crippen molar-refractivity contribution < 1.29 is 4.39 Å². The SMILES string of the molecule is Cc1ccc(C2CCC(Br)C2)cc1F. The van der Waals surface area contributed by atoms with Gasteiger partial charge in [0.25, 0.3) is 0 Å². The van der Waals surface area contributed by atoms with Crippen LogP contribution in [-0.2, 0) is 0 Å². The summed E-state index contributed by atoms with van der Waals surface area (Å²) in [6.45, 7) is 1.81. The Morgan fingerprint density at radius 2 is 2.14 bits per heavy atom. The van der Waals surface area contributed by atoms with Crippen molar-refractivity contribution in [3.05, 3.63) is 35.1 Å². The summed E-state index contributed by atoms with van der Waals surface area (Å²) in [5.41, 5.74) is 1.90. The maximum Gasteiger partial charge on any atom is 0.126 e. The molecular formula is C12H14BrF. The van der Waals surface area contributed by atoms with E-state index in [4.69, 9.17) is 0 Å². The Kier molecular flexibility index (Phi) is 2.91. The second-order valence-electron chi connectivity index (χ2n) is 4.12. The lowest BCUT2D eigenvalue weighted by atomic mass is 9.97. The van der Waals surface area contributed by atoms with Crippen LogP contribution >= 0.6 is 15.9 Å². The summed E-state index contributed by atoms with van der Waals surface area (Å²) in [5.74, 6) is 0.481. The van der Waals surface area contributed by atoms with Crippen LogP contribution in [0.25, 0.3) is 0 Å². The van der Waals surface area contributed by atoms with Crippen LogP contribution in [0.1, 0.15) is 36.3 Å². The second-order valence-corrected chi connectivity index (χ2v) is 5.41. The monoisotopic (exact) mass is 256 g/mol. The molecule has 0 bridgehead atoms. The van der Waals surface area contributed by atoms with Crippen molar-refractivity contribution >= 4 is 15.9 Å². The van der Waals surface area contributed by atoms with Crippen LogP contribution < -0.4 is 0 Å². The van der Waals surface area contributed by atoms with Gasteiger partial charge in [0.15, 0.2) is 0 Å². The molecule has 76 valence electrons. The first-order valence-electron chi connectivity index (χ1n) is 5.07. The highest BCUT2D eigenvalue weighted by Crippen LogP contribution is 2.38. The summed E-state index contributed by atoms with van der Waals surface area (Å²) >= 11 is 3.62. The Hall–Kier alpha value is -0.370. The van der Waals surface area contributed by atoms with Gasteiger partial charge in [0.2, 0.25) is 0 Å². The van der Waals surface area contributed by atoms with Gasteiger partial charge in [-0.2, -0.15) is 0 Å². The Morgan fingerprint density at radius 1 is 1.36 bits per heavy atom. The Balaban J connectivity index is 2.20. The molecule has 0 aromatic heterocycles. The van der Waals surface area contributed by atoms with Crippen molar-refractivity contribution in [1.29, 1.82) is 0 Å². The summed E-state index contributed by atoms with van der Waals surface area (Å²) < 4.78 is 13.3. The first-order valence-corrected chi connectivity index (χ1v) is 5.98. The maximum absolute atomic E-state index is 13.3. The third-order valence-corrected chi connectivity index (χ3v) is 3.87. The molecule has 14 heavy (non-hydrogen) atoms. The fourth-order valence-electron chi connectivity index (χ4n) is 2.09. The van der Waals surface area contributed by atoms with Gasteiger partial charge in [-0.15, -0.1) is 0 Å². The first kappa shape index (κ1) is 10.2. The van der Waals surface area contributed by atoms with Gasteiger partial charge in [0.05, 0.1) is 0 Å². The van der Waals surface area contributed by atoms with Crippen LogP contribution in [-0.4, -0.2) is 4.83 Å². The lowest BCUT2D eigenvalue weighted by Crippen LogP contribution is -1.96. The number of hydrogen-bond acceptors (Lipinski definition) is 0. The molecule has 2 rings (SSSR count). The van der Waals surface area contributed by atoms with Crippen molar-refractivity contribution in [3.8, 4) is 0 Å². The van der Waals surface area contributed by atoms with Gasteiger partial charge in [-0.1, -0.05) is 28.1 Å². The fourth-order valence-corrected chi connectivity index (χ4v) is 2.81. The molecule has 0 amide bonds. The third kappa shape index (κ3) is 2.00. The van der Waals surface area contributed by atoms with E-state index >= 15 is 0 Å². The van der Waals surface area contributed by atoms with Crippen molar-refractivity contribution in [1.82, 2.24) is 0 Å². The molecule has 1 aromatic carbocycles. The van der Waals surface area contributed by atoms with Crippen molar-refractivity contribution in [2.75, 3.05) is 0 Å². The van der Waals surface area contributed by atoms with E-state index in [1.807, 2.05) is 6.07 Å². The summed E-state index contributed by atoms with van der Waals surface area (Å²) in [5, 5.41) is 0. The van der Waals surface area contributed by atoms with E-state index in [-0.39, 0.29) is 5.82 Å². The van der Waals surface area contributed by atoms with Gasteiger partial charge in [-0.25, -0.2) is 4.39 Å². The first-order chi connectivity index (χ1) is 6.66. The zero-order valence-electron chi connectivity index (χ0n) is 8.26. The zero-order chi connectivity index (χ0) is 10.1. The minimum absolute atomic E-state index is 0.0690. The van der Waals surface area contributed by atoms with E-state index in [2.05, 4.69) is 22.0 Å². The van der Waals surface area contributed by atoms with Gasteiger partial charge >= 0.3 is 0 Å². The van der Waals surface area contributed by atoms with Gasteiger partial charge < -0.3 is 0 Å². The highest BCUT2D eigenvalue weighted by molar-refractivity contribution is 9.09. The van der Waals surface area contributed by atoms with E-state index < -0.39 is 0 Å². The van der Waals surface area contributed by atoms with Gasteiger partial charge in [0, 0.05) is 4.83 Å². The summed E-state index contributed by atoms with van der Waals surface area (Å²) in [6.07, 6.45) is 3.53. The minimum atomic E-state index is -0.0690. The molecule has 0 saturated heterocycles. The van der Waals surface area contributed by atoms with Gasteiger partial charge in [-0.05, 0) is 49.3 Å². The zero-order valence-corrected chi connectivity index (χ0v) is 9.85. The van der Waals surface area contributed by atoms with Crippen LogP contribution in [0, 0.1) is 12.7 Å².